The molecule has 0 aromatic heterocycles. The van der Waals surface area contributed by atoms with Crippen molar-refractivity contribution < 1.29 is 14.3 Å². The average molecular weight is 339 g/mol. The molecule has 1 atom stereocenters. The van der Waals surface area contributed by atoms with Crippen molar-refractivity contribution >= 4 is 5.91 Å². The van der Waals surface area contributed by atoms with Crippen LogP contribution in [0.15, 0.2) is 36.4 Å². The SMILES string of the molecule is Cc1ccc(C(C)NC(=O)CCc2ccc3c(c2)OCCO3)cc1C. The van der Waals surface area contributed by atoms with Crippen molar-refractivity contribution in [3.8, 4) is 11.5 Å². The fourth-order valence-corrected chi connectivity index (χ4v) is 2.93. The number of hydrogen-bond donors (Lipinski definition) is 1. The van der Waals surface area contributed by atoms with Gasteiger partial charge in [0.1, 0.15) is 13.2 Å². The van der Waals surface area contributed by atoms with E-state index in [4.69, 9.17) is 9.47 Å². The minimum Gasteiger partial charge on any atom is -0.486 e. The van der Waals surface area contributed by atoms with Crippen molar-refractivity contribution in [3.05, 3.63) is 58.7 Å². The molecule has 1 amide bonds. The van der Waals surface area contributed by atoms with Crippen LogP contribution in [0.2, 0.25) is 0 Å². The Kier molecular flexibility index (Phi) is 5.27. The second kappa shape index (κ2) is 7.60. The maximum absolute atomic E-state index is 12.3. The first-order chi connectivity index (χ1) is 12.0. The van der Waals surface area contributed by atoms with Gasteiger partial charge in [0.2, 0.25) is 5.91 Å². The molecule has 4 nitrogen and oxygen atoms in total. The smallest absolute Gasteiger partial charge is 0.220 e. The van der Waals surface area contributed by atoms with E-state index in [-0.39, 0.29) is 11.9 Å². The summed E-state index contributed by atoms with van der Waals surface area (Å²) in [7, 11) is 0. The van der Waals surface area contributed by atoms with Crippen LogP contribution in [0, 0.1) is 13.8 Å². The van der Waals surface area contributed by atoms with Crippen LogP contribution in [0.25, 0.3) is 0 Å². The summed E-state index contributed by atoms with van der Waals surface area (Å²) >= 11 is 0. The number of benzene rings is 2. The zero-order valence-corrected chi connectivity index (χ0v) is 15.1. The molecule has 0 saturated carbocycles. The molecule has 132 valence electrons. The Balaban J connectivity index is 1.54. The Morgan fingerprint density at radius 1 is 1.04 bits per heavy atom. The highest BCUT2D eigenvalue weighted by Gasteiger charge is 2.13. The van der Waals surface area contributed by atoms with Gasteiger partial charge in [-0.3, -0.25) is 4.79 Å². The summed E-state index contributed by atoms with van der Waals surface area (Å²) in [5.74, 6) is 1.61. The topological polar surface area (TPSA) is 47.6 Å². The zero-order chi connectivity index (χ0) is 17.8. The Morgan fingerprint density at radius 2 is 1.80 bits per heavy atom. The van der Waals surface area contributed by atoms with Gasteiger partial charge in [-0.25, -0.2) is 0 Å². The van der Waals surface area contributed by atoms with Crippen LogP contribution in [-0.4, -0.2) is 19.1 Å². The van der Waals surface area contributed by atoms with Crippen LogP contribution >= 0.6 is 0 Å². The summed E-state index contributed by atoms with van der Waals surface area (Å²) in [6.45, 7) is 7.37. The second-order valence-corrected chi connectivity index (χ2v) is 6.61. The van der Waals surface area contributed by atoms with E-state index < -0.39 is 0 Å². The molecule has 0 radical (unpaired) electrons. The molecule has 1 N–H and O–H groups in total. The third-order valence-corrected chi connectivity index (χ3v) is 4.66. The number of nitrogens with one attached hydrogen (secondary N) is 1. The number of carbonyl (C=O) groups is 1. The van der Waals surface area contributed by atoms with Crippen LogP contribution in [0.5, 0.6) is 11.5 Å². The summed E-state index contributed by atoms with van der Waals surface area (Å²) in [6.07, 6.45) is 1.14. The maximum atomic E-state index is 12.3. The summed E-state index contributed by atoms with van der Waals surface area (Å²) in [5, 5.41) is 3.08. The van der Waals surface area contributed by atoms with E-state index in [0.717, 1.165) is 22.6 Å². The molecule has 2 aromatic rings. The van der Waals surface area contributed by atoms with Gasteiger partial charge >= 0.3 is 0 Å². The van der Waals surface area contributed by atoms with Gasteiger partial charge < -0.3 is 14.8 Å². The van der Waals surface area contributed by atoms with Crippen LogP contribution in [0.1, 0.15) is 41.6 Å². The average Bonchev–Trinajstić information content (AvgIpc) is 2.62. The Bertz CT molecular complexity index is 770. The largest absolute Gasteiger partial charge is 0.486 e. The molecule has 0 saturated heterocycles. The molecule has 1 aliphatic heterocycles. The molecule has 2 aromatic carbocycles. The van der Waals surface area contributed by atoms with E-state index in [0.29, 0.717) is 26.1 Å². The number of rotatable bonds is 5. The van der Waals surface area contributed by atoms with E-state index in [2.05, 4.69) is 37.4 Å². The minimum atomic E-state index is 0.00654. The quantitative estimate of drug-likeness (QED) is 0.899. The fraction of sp³-hybridized carbons (Fsp3) is 0.381. The summed E-state index contributed by atoms with van der Waals surface area (Å²) in [4.78, 5) is 12.3. The van der Waals surface area contributed by atoms with Crippen molar-refractivity contribution in [1.29, 1.82) is 0 Å². The number of hydrogen-bond acceptors (Lipinski definition) is 3. The van der Waals surface area contributed by atoms with E-state index in [1.165, 1.54) is 11.1 Å². The van der Waals surface area contributed by atoms with Gasteiger partial charge in [0.15, 0.2) is 11.5 Å². The highest BCUT2D eigenvalue weighted by atomic mass is 16.6. The van der Waals surface area contributed by atoms with Gasteiger partial charge in [-0.05, 0) is 61.6 Å². The molecule has 1 unspecified atom stereocenters. The van der Waals surface area contributed by atoms with Crippen molar-refractivity contribution in [2.24, 2.45) is 0 Å². The molecule has 1 heterocycles. The Hall–Kier alpha value is -2.49. The minimum absolute atomic E-state index is 0.00654. The first kappa shape index (κ1) is 17.3. The number of amides is 1. The molecular formula is C21H25NO3. The summed E-state index contributed by atoms with van der Waals surface area (Å²) in [6, 6.07) is 12.2. The van der Waals surface area contributed by atoms with E-state index in [1.54, 1.807) is 0 Å². The van der Waals surface area contributed by atoms with Crippen molar-refractivity contribution in [2.45, 2.75) is 39.7 Å². The Labute approximate surface area is 149 Å². The number of fused-ring (bicyclic) bond motifs is 1. The van der Waals surface area contributed by atoms with Gasteiger partial charge in [-0.2, -0.15) is 0 Å². The predicted octanol–water partition coefficient (Wildman–Crippen LogP) is 3.88. The third kappa shape index (κ3) is 4.32. The molecular weight excluding hydrogens is 314 g/mol. The highest BCUT2D eigenvalue weighted by molar-refractivity contribution is 5.76. The van der Waals surface area contributed by atoms with Crippen LogP contribution < -0.4 is 14.8 Å². The van der Waals surface area contributed by atoms with Crippen molar-refractivity contribution in [1.82, 2.24) is 5.32 Å². The Morgan fingerprint density at radius 3 is 2.56 bits per heavy atom. The lowest BCUT2D eigenvalue weighted by atomic mass is 10.0. The standard InChI is InChI=1S/C21H25NO3/c1-14-4-7-18(12-15(14)2)16(3)22-21(23)9-6-17-5-8-19-20(13-17)25-11-10-24-19/h4-5,7-8,12-13,16H,6,9-11H2,1-3H3,(H,22,23). The molecule has 0 spiro atoms. The first-order valence-corrected chi connectivity index (χ1v) is 8.78. The normalized spacial score (nSPS) is 14.0. The summed E-state index contributed by atoms with van der Waals surface area (Å²) < 4.78 is 11.1. The predicted molar refractivity (Wildman–Crippen MR) is 98.2 cm³/mol. The van der Waals surface area contributed by atoms with Crippen LogP contribution in [0.4, 0.5) is 0 Å². The van der Waals surface area contributed by atoms with Gasteiger partial charge in [0.05, 0.1) is 6.04 Å². The third-order valence-electron chi connectivity index (χ3n) is 4.66. The lowest BCUT2D eigenvalue weighted by Gasteiger charge is -2.19. The number of aryl methyl sites for hydroxylation is 3. The van der Waals surface area contributed by atoms with E-state index >= 15 is 0 Å². The highest BCUT2D eigenvalue weighted by Crippen LogP contribution is 2.31. The number of carbonyl (C=O) groups excluding carboxylic acids is 1. The lowest BCUT2D eigenvalue weighted by Crippen LogP contribution is -2.26. The maximum Gasteiger partial charge on any atom is 0.220 e. The molecule has 4 heteroatoms. The van der Waals surface area contributed by atoms with Crippen LogP contribution in [0.3, 0.4) is 0 Å². The van der Waals surface area contributed by atoms with E-state index in [1.807, 2.05) is 25.1 Å². The zero-order valence-electron chi connectivity index (χ0n) is 15.1. The van der Waals surface area contributed by atoms with Gasteiger partial charge in [0.25, 0.3) is 0 Å². The summed E-state index contributed by atoms with van der Waals surface area (Å²) in [5.41, 5.74) is 4.73. The lowest BCUT2D eigenvalue weighted by molar-refractivity contribution is -0.121. The molecule has 0 aliphatic carbocycles. The second-order valence-electron chi connectivity index (χ2n) is 6.61. The van der Waals surface area contributed by atoms with Gasteiger partial charge in [-0.1, -0.05) is 24.3 Å². The molecule has 1 aliphatic rings. The van der Waals surface area contributed by atoms with Gasteiger partial charge in [0, 0.05) is 6.42 Å². The van der Waals surface area contributed by atoms with Crippen molar-refractivity contribution in [3.63, 3.8) is 0 Å². The number of ether oxygens (including phenoxy) is 2. The molecule has 0 bridgehead atoms. The first-order valence-electron chi connectivity index (χ1n) is 8.78. The molecule has 0 fully saturated rings. The molecule has 3 rings (SSSR count). The molecule has 25 heavy (non-hydrogen) atoms. The van der Waals surface area contributed by atoms with Crippen LogP contribution in [-0.2, 0) is 11.2 Å². The van der Waals surface area contributed by atoms with Crippen molar-refractivity contribution in [2.75, 3.05) is 13.2 Å². The van der Waals surface area contributed by atoms with E-state index in [9.17, 15) is 4.79 Å². The van der Waals surface area contributed by atoms with Gasteiger partial charge in [-0.15, -0.1) is 0 Å². The monoisotopic (exact) mass is 339 g/mol. The fourth-order valence-electron chi connectivity index (χ4n) is 2.93.